The number of ether oxygens (including phenoxy) is 1. The van der Waals surface area contributed by atoms with E-state index in [-0.39, 0.29) is 23.6 Å². The van der Waals surface area contributed by atoms with Crippen molar-refractivity contribution in [3.05, 3.63) is 87.6 Å². The van der Waals surface area contributed by atoms with E-state index in [4.69, 9.17) is 9.72 Å². The highest BCUT2D eigenvalue weighted by Gasteiger charge is 2.32. The van der Waals surface area contributed by atoms with Crippen LogP contribution in [0, 0.1) is 0 Å². The summed E-state index contributed by atoms with van der Waals surface area (Å²) < 4.78 is 5.51. The van der Waals surface area contributed by atoms with Gasteiger partial charge in [-0.2, -0.15) is 0 Å². The van der Waals surface area contributed by atoms with E-state index in [2.05, 4.69) is 21.9 Å². The molecule has 2 aromatic carbocycles. The summed E-state index contributed by atoms with van der Waals surface area (Å²) in [5.74, 6) is -0.276. The van der Waals surface area contributed by atoms with Crippen molar-refractivity contribution in [1.29, 1.82) is 0 Å². The Morgan fingerprint density at radius 1 is 1.07 bits per heavy atom. The molecule has 2 N–H and O–H groups in total. The van der Waals surface area contributed by atoms with Gasteiger partial charge in [0.2, 0.25) is 0 Å². The Hall–Kier alpha value is -3.86. The molecule has 0 saturated carbocycles. The van der Waals surface area contributed by atoms with Gasteiger partial charge in [-0.15, -0.1) is 11.3 Å². The van der Waals surface area contributed by atoms with Crippen LogP contribution in [0.3, 0.4) is 0 Å². The molecular formula is C32H35N5O4S. The number of nitrogens with one attached hydrogen (secondary N) is 1. The predicted octanol–water partition coefficient (Wildman–Crippen LogP) is 5.12. The van der Waals surface area contributed by atoms with Crippen LogP contribution in [0.1, 0.15) is 67.7 Å². The van der Waals surface area contributed by atoms with E-state index in [0.29, 0.717) is 34.4 Å². The van der Waals surface area contributed by atoms with Crippen LogP contribution in [0.25, 0.3) is 5.76 Å². The molecule has 2 saturated heterocycles. The van der Waals surface area contributed by atoms with Crippen molar-refractivity contribution in [3.8, 4) is 0 Å². The first-order valence-corrected chi connectivity index (χ1v) is 15.3. The van der Waals surface area contributed by atoms with Crippen molar-refractivity contribution >= 4 is 40.8 Å². The summed E-state index contributed by atoms with van der Waals surface area (Å²) in [7, 11) is 0. The molecule has 218 valence electrons. The Kier molecular flexibility index (Phi) is 8.46. The molecule has 3 heterocycles. The number of anilines is 1. The fourth-order valence-electron chi connectivity index (χ4n) is 6.19. The lowest BCUT2D eigenvalue weighted by Gasteiger charge is -2.36. The van der Waals surface area contributed by atoms with Crippen molar-refractivity contribution in [1.82, 2.24) is 14.8 Å². The van der Waals surface area contributed by atoms with Crippen LogP contribution in [-0.2, 0) is 17.6 Å². The van der Waals surface area contributed by atoms with Gasteiger partial charge in [-0.3, -0.25) is 24.8 Å². The number of carbonyl (C=O) groups is 2. The van der Waals surface area contributed by atoms with Crippen LogP contribution in [0.2, 0.25) is 0 Å². The maximum Gasteiger partial charge on any atom is 0.257 e. The first-order chi connectivity index (χ1) is 20.5. The largest absolute Gasteiger partial charge is 0.506 e. The Bertz CT molecular complexity index is 1490. The highest BCUT2D eigenvalue weighted by atomic mass is 32.1. The lowest BCUT2D eigenvalue weighted by molar-refractivity contribution is 0.0139. The van der Waals surface area contributed by atoms with Crippen LogP contribution < -0.4 is 5.32 Å². The van der Waals surface area contributed by atoms with Crippen LogP contribution >= 0.6 is 11.3 Å². The minimum atomic E-state index is -0.194. The van der Waals surface area contributed by atoms with Gasteiger partial charge in [0.05, 0.1) is 31.1 Å². The number of morpholine rings is 1. The highest BCUT2D eigenvalue weighted by molar-refractivity contribution is 7.15. The zero-order chi connectivity index (χ0) is 29.1. The average molecular weight is 586 g/mol. The van der Waals surface area contributed by atoms with Gasteiger partial charge in [0, 0.05) is 47.2 Å². The second kappa shape index (κ2) is 12.6. The average Bonchev–Trinajstić information content (AvgIpc) is 3.68. The lowest BCUT2D eigenvalue weighted by atomic mass is 9.96. The number of aliphatic imine (C=N–C) groups is 1. The van der Waals surface area contributed by atoms with Crippen LogP contribution in [0.4, 0.5) is 5.13 Å². The fraction of sp³-hybridized carbons (Fsp3) is 0.375. The van der Waals surface area contributed by atoms with Gasteiger partial charge in [0.1, 0.15) is 5.76 Å². The summed E-state index contributed by atoms with van der Waals surface area (Å²) in [6, 6.07) is 14.8. The van der Waals surface area contributed by atoms with Gasteiger partial charge in [-0.25, -0.2) is 4.98 Å². The fourth-order valence-corrected chi connectivity index (χ4v) is 7.26. The molecule has 0 unspecified atom stereocenters. The molecule has 1 aliphatic carbocycles. The topological polar surface area (TPSA) is 107 Å². The number of hydrogen-bond acceptors (Lipinski definition) is 8. The van der Waals surface area contributed by atoms with Crippen LogP contribution in [-0.4, -0.2) is 77.3 Å². The summed E-state index contributed by atoms with van der Waals surface area (Å²) in [6.07, 6.45) is 5.96. The van der Waals surface area contributed by atoms with Crippen molar-refractivity contribution in [2.45, 2.75) is 44.2 Å². The molecular weight excluding hydrogens is 550 g/mol. The molecule has 0 spiro atoms. The number of thiazole rings is 1. The maximum atomic E-state index is 13.4. The van der Waals surface area contributed by atoms with Crippen molar-refractivity contribution in [3.63, 3.8) is 0 Å². The number of benzene rings is 2. The van der Waals surface area contributed by atoms with E-state index in [0.717, 1.165) is 69.7 Å². The molecule has 2 aliphatic heterocycles. The Morgan fingerprint density at radius 2 is 1.86 bits per heavy atom. The number of aromatic nitrogens is 1. The molecule has 2 amide bonds. The van der Waals surface area contributed by atoms with Crippen molar-refractivity contribution in [2.75, 3.05) is 38.2 Å². The quantitative estimate of drug-likeness (QED) is 0.295. The predicted molar refractivity (Wildman–Crippen MR) is 164 cm³/mol. The van der Waals surface area contributed by atoms with Gasteiger partial charge >= 0.3 is 0 Å². The third-order valence-electron chi connectivity index (χ3n) is 8.38. The molecule has 6 rings (SSSR count). The number of aliphatic hydroxyl groups excluding tert-OH is 1. The Morgan fingerprint density at radius 3 is 2.64 bits per heavy atom. The number of aryl methyl sites for hydroxylation is 1. The zero-order valence-electron chi connectivity index (χ0n) is 23.5. The monoisotopic (exact) mass is 585 g/mol. The van der Waals surface area contributed by atoms with E-state index >= 15 is 0 Å². The number of nitrogens with zero attached hydrogens (tertiary/aromatic N) is 4. The molecule has 2 fully saturated rings. The van der Waals surface area contributed by atoms with Gasteiger partial charge < -0.3 is 14.7 Å². The number of likely N-dealkylation sites (tertiary alicyclic amines) is 1. The molecule has 9 nitrogen and oxygen atoms in total. The number of carbonyl (C=O) groups excluding carboxylic acids is 2. The molecule has 3 aromatic rings. The first-order valence-electron chi connectivity index (χ1n) is 14.5. The van der Waals surface area contributed by atoms with E-state index in [1.807, 2.05) is 23.1 Å². The van der Waals surface area contributed by atoms with E-state index in [1.54, 1.807) is 41.7 Å². The number of amides is 2. The van der Waals surface area contributed by atoms with E-state index in [1.165, 1.54) is 11.1 Å². The number of fused-ring (bicyclic) bond motifs is 1. The third kappa shape index (κ3) is 6.01. The second-order valence-corrected chi connectivity index (χ2v) is 12.0. The third-order valence-corrected chi connectivity index (χ3v) is 9.42. The van der Waals surface area contributed by atoms with Crippen LogP contribution in [0.5, 0.6) is 0 Å². The van der Waals surface area contributed by atoms with Gasteiger partial charge in [0.25, 0.3) is 11.8 Å². The molecule has 3 aliphatic rings. The van der Waals surface area contributed by atoms with Gasteiger partial charge in [-0.1, -0.05) is 24.3 Å². The number of aliphatic hydroxyl groups is 1. The van der Waals surface area contributed by atoms with Crippen molar-refractivity contribution < 1.29 is 19.4 Å². The Labute approximate surface area is 249 Å². The SMILES string of the molecule is C=N/C=C(\O)c1ccc(C(=O)N2CCC[C@@H]2c2cccc(C(=O)Nc3nc4c(s3)C[C@@H](N3CCOCC3)CC4)c2)cc1. The first kappa shape index (κ1) is 28.3. The summed E-state index contributed by atoms with van der Waals surface area (Å²) in [5, 5.41) is 13.7. The maximum absolute atomic E-state index is 13.4. The summed E-state index contributed by atoms with van der Waals surface area (Å²) in [4.78, 5) is 40.7. The zero-order valence-corrected chi connectivity index (χ0v) is 24.3. The van der Waals surface area contributed by atoms with Crippen LogP contribution in [0.15, 0.2) is 59.7 Å². The summed E-state index contributed by atoms with van der Waals surface area (Å²) >= 11 is 1.58. The minimum absolute atomic E-state index is 0.00626. The number of rotatable bonds is 7. The van der Waals surface area contributed by atoms with E-state index in [9.17, 15) is 14.7 Å². The van der Waals surface area contributed by atoms with Gasteiger partial charge in [-0.05, 0) is 68.7 Å². The molecule has 0 bridgehead atoms. The lowest BCUT2D eigenvalue weighted by Crippen LogP contribution is -2.45. The molecule has 0 radical (unpaired) electrons. The normalized spacial score (nSPS) is 21.1. The summed E-state index contributed by atoms with van der Waals surface area (Å²) in [6.45, 7) is 7.54. The molecule has 1 aromatic heterocycles. The number of hydrogen-bond donors (Lipinski definition) is 2. The highest BCUT2D eigenvalue weighted by Crippen LogP contribution is 2.35. The molecule has 10 heteroatoms. The smallest absolute Gasteiger partial charge is 0.257 e. The Balaban J connectivity index is 1.12. The molecule has 2 atom stereocenters. The summed E-state index contributed by atoms with van der Waals surface area (Å²) in [5.41, 5.74) is 3.70. The van der Waals surface area contributed by atoms with Gasteiger partial charge in [0.15, 0.2) is 5.13 Å². The minimum Gasteiger partial charge on any atom is -0.506 e. The standard InChI is InChI=1S/C32H35N5O4S/c1-33-20-28(38)21-7-9-22(10-8-21)31(40)37-13-3-6-27(37)23-4-2-5-24(18-23)30(39)35-32-34-26-12-11-25(19-29(26)42-32)36-14-16-41-17-15-36/h2,4-5,7-10,18,20,25,27,38H,1,3,6,11-17,19H2,(H,34,35,39)/b28-20-/t25-,27+/m0/s1. The second-order valence-electron chi connectivity index (χ2n) is 10.9. The molecule has 42 heavy (non-hydrogen) atoms. The van der Waals surface area contributed by atoms with E-state index < -0.39 is 0 Å². The van der Waals surface area contributed by atoms with Crippen molar-refractivity contribution in [2.24, 2.45) is 4.99 Å².